The Bertz CT molecular complexity index is 1110. The number of aromatic nitrogens is 4. The second-order valence-corrected chi connectivity index (χ2v) is 7.54. The average Bonchev–Trinajstić information content (AvgIpc) is 3.62. The molecule has 8 heteroatoms. The Kier molecular flexibility index (Phi) is 5.62. The van der Waals surface area contributed by atoms with Crippen molar-refractivity contribution in [3.8, 4) is 17.2 Å². The molecule has 0 spiro atoms. The van der Waals surface area contributed by atoms with Gasteiger partial charge in [-0.05, 0) is 48.5 Å². The molecule has 4 aromatic rings. The van der Waals surface area contributed by atoms with E-state index in [0.717, 1.165) is 22.7 Å². The highest BCUT2D eigenvalue weighted by Gasteiger charge is 2.44. The summed E-state index contributed by atoms with van der Waals surface area (Å²) in [7, 11) is 1.65. The molecule has 0 aliphatic carbocycles. The molecule has 1 saturated heterocycles. The SMILES string of the molecule is COc1ccc([C@@]2(Cn3ccnc3)OC[C@@H](COc3ccc(-n4ccnc4)cc3)O2)cc1. The van der Waals surface area contributed by atoms with Crippen molar-refractivity contribution >= 4 is 0 Å². The van der Waals surface area contributed by atoms with Crippen LogP contribution in [0.3, 0.4) is 0 Å². The van der Waals surface area contributed by atoms with Gasteiger partial charge in [-0.25, -0.2) is 9.97 Å². The first-order chi connectivity index (χ1) is 15.7. The van der Waals surface area contributed by atoms with Crippen molar-refractivity contribution in [1.29, 1.82) is 0 Å². The minimum Gasteiger partial charge on any atom is -0.497 e. The second kappa shape index (κ2) is 8.86. The number of methoxy groups -OCH3 is 1. The predicted octanol–water partition coefficient (Wildman–Crippen LogP) is 3.42. The first kappa shape index (κ1) is 20.3. The van der Waals surface area contributed by atoms with E-state index in [-0.39, 0.29) is 6.10 Å². The number of hydrogen-bond donors (Lipinski definition) is 0. The lowest BCUT2D eigenvalue weighted by molar-refractivity contribution is -0.189. The van der Waals surface area contributed by atoms with Gasteiger partial charge in [-0.2, -0.15) is 0 Å². The smallest absolute Gasteiger partial charge is 0.214 e. The van der Waals surface area contributed by atoms with E-state index in [0.29, 0.717) is 19.8 Å². The maximum atomic E-state index is 6.44. The molecule has 0 saturated carbocycles. The van der Waals surface area contributed by atoms with Crippen molar-refractivity contribution in [2.24, 2.45) is 0 Å². The Labute approximate surface area is 186 Å². The van der Waals surface area contributed by atoms with E-state index in [1.165, 1.54) is 0 Å². The van der Waals surface area contributed by atoms with Gasteiger partial charge in [0.15, 0.2) is 0 Å². The first-order valence-corrected chi connectivity index (χ1v) is 10.4. The Morgan fingerprint density at radius 3 is 2.41 bits per heavy atom. The summed E-state index contributed by atoms with van der Waals surface area (Å²) in [5.74, 6) is 0.629. The zero-order valence-electron chi connectivity index (χ0n) is 17.7. The summed E-state index contributed by atoms with van der Waals surface area (Å²) < 4.78 is 27.8. The molecule has 0 radical (unpaired) electrons. The minimum atomic E-state index is -0.924. The van der Waals surface area contributed by atoms with Crippen LogP contribution >= 0.6 is 0 Å². The van der Waals surface area contributed by atoms with E-state index >= 15 is 0 Å². The third kappa shape index (κ3) is 4.23. The summed E-state index contributed by atoms with van der Waals surface area (Å²) in [5, 5.41) is 0. The van der Waals surface area contributed by atoms with Crippen molar-refractivity contribution in [1.82, 2.24) is 19.1 Å². The quantitative estimate of drug-likeness (QED) is 0.425. The number of rotatable bonds is 8. The normalized spacial score (nSPS) is 20.3. The molecule has 0 bridgehead atoms. The molecule has 0 N–H and O–H groups in total. The number of nitrogens with zero attached hydrogens (tertiary/aromatic N) is 4. The molecular formula is C24H24N4O4. The van der Waals surface area contributed by atoms with Gasteiger partial charge in [-0.3, -0.25) is 0 Å². The molecule has 1 aliphatic rings. The van der Waals surface area contributed by atoms with Crippen LogP contribution in [0.5, 0.6) is 11.5 Å². The summed E-state index contributed by atoms with van der Waals surface area (Å²) in [6.07, 6.45) is 10.6. The van der Waals surface area contributed by atoms with Crippen LogP contribution in [0, 0.1) is 0 Å². The summed E-state index contributed by atoms with van der Waals surface area (Å²) in [6.45, 7) is 1.29. The van der Waals surface area contributed by atoms with E-state index in [9.17, 15) is 0 Å². The van der Waals surface area contributed by atoms with Gasteiger partial charge in [-0.15, -0.1) is 0 Å². The van der Waals surface area contributed by atoms with Gasteiger partial charge in [0.1, 0.15) is 24.2 Å². The van der Waals surface area contributed by atoms with Crippen LogP contribution in [0.1, 0.15) is 5.56 Å². The van der Waals surface area contributed by atoms with E-state index in [1.54, 1.807) is 32.2 Å². The van der Waals surface area contributed by atoms with Crippen LogP contribution in [-0.2, 0) is 21.8 Å². The lowest BCUT2D eigenvalue weighted by atomic mass is 10.1. The fraction of sp³-hybridized carbons (Fsp3) is 0.250. The number of ether oxygens (including phenoxy) is 4. The number of imidazole rings is 2. The summed E-state index contributed by atoms with van der Waals surface area (Å²) >= 11 is 0. The van der Waals surface area contributed by atoms with Crippen LogP contribution in [-0.4, -0.2) is 45.5 Å². The predicted molar refractivity (Wildman–Crippen MR) is 117 cm³/mol. The maximum absolute atomic E-state index is 6.44. The van der Waals surface area contributed by atoms with Crippen molar-refractivity contribution in [3.05, 3.63) is 91.5 Å². The van der Waals surface area contributed by atoms with Crippen molar-refractivity contribution < 1.29 is 18.9 Å². The first-order valence-electron chi connectivity index (χ1n) is 10.4. The van der Waals surface area contributed by atoms with Crippen LogP contribution in [0.2, 0.25) is 0 Å². The molecule has 32 heavy (non-hydrogen) atoms. The lowest BCUT2D eigenvalue weighted by Crippen LogP contribution is -2.34. The van der Waals surface area contributed by atoms with Crippen LogP contribution < -0.4 is 9.47 Å². The molecule has 5 rings (SSSR count). The maximum Gasteiger partial charge on any atom is 0.214 e. The standard InChI is InChI=1S/C24H24N4O4/c1-29-21-6-2-19(3-7-21)24(16-27-12-10-25-17-27)31-15-23(32-24)14-30-22-8-4-20(5-9-22)28-13-11-26-18-28/h2-13,17-18,23H,14-16H2,1H3/t23-,24+/m1/s1. The molecule has 1 fully saturated rings. The molecule has 2 aromatic heterocycles. The highest BCUT2D eigenvalue weighted by Crippen LogP contribution is 2.37. The third-order valence-electron chi connectivity index (χ3n) is 5.41. The second-order valence-electron chi connectivity index (χ2n) is 7.54. The van der Waals surface area contributed by atoms with Crippen molar-refractivity contribution in [2.45, 2.75) is 18.4 Å². The van der Waals surface area contributed by atoms with Crippen LogP contribution in [0.4, 0.5) is 0 Å². The highest BCUT2D eigenvalue weighted by atomic mass is 16.8. The Morgan fingerprint density at radius 1 is 0.969 bits per heavy atom. The van der Waals surface area contributed by atoms with Gasteiger partial charge < -0.3 is 28.1 Å². The fourth-order valence-corrected chi connectivity index (χ4v) is 3.75. The largest absolute Gasteiger partial charge is 0.497 e. The third-order valence-corrected chi connectivity index (χ3v) is 5.41. The molecule has 0 amide bonds. The van der Waals surface area contributed by atoms with Crippen molar-refractivity contribution in [2.75, 3.05) is 20.3 Å². The van der Waals surface area contributed by atoms with E-state index < -0.39 is 5.79 Å². The molecule has 3 heterocycles. The van der Waals surface area contributed by atoms with E-state index in [1.807, 2.05) is 70.1 Å². The van der Waals surface area contributed by atoms with Gasteiger partial charge in [0.25, 0.3) is 0 Å². The molecule has 8 nitrogen and oxygen atoms in total. The zero-order valence-corrected chi connectivity index (χ0v) is 17.7. The summed E-state index contributed by atoms with van der Waals surface area (Å²) in [5.41, 5.74) is 1.94. The molecule has 0 unspecified atom stereocenters. The van der Waals surface area contributed by atoms with E-state index in [4.69, 9.17) is 18.9 Å². The van der Waals surface area contributed by atoms with Gasteiger partial charge >= 0.3 is 0 Å². The number of benzene rings is 2. The Balaban J connectivity index is 1.27. The van der Waals surface area contributed by atoms with Crippen LogP contribution in [0.25, 0.3) is 5.69 Å². The minimum absolute atomic E-state index is 0.214. The molecule has 2 atom stereocenters. The van der Waals surface area contributed by atoms with Gasteiger partial charge in [0, 0.05) is 36.0 Å². The topological polar surface area (TPSA) is 72.6 Å². The molecular weight excluding hydrogens is 408 g/mol. The summed E-state index contributed by atoms with van der Waals surface area (Å²) in [6, 6.07) is 15.6. The zero-order chi connectivity index (χ0) is 21.8. The fourth-order valence-electron chi connectivity index (χ4n) is 3.75. The lowest BCUT2D eigenvalue weighted by Gasteiger charge is -2.29. The Morgan fingerprint density at radius 2 is 1.72 bits per heavy atom. The summed E-state index contributed by atoms with van der Waals surface area (Å²) in [4.78, 5) is 8.21. The molecule has 2 aromatic carbocycles. The highest BCUT2D eigenvalue weighted by molar-refractivity contribution is 5.37. The number of hydrogen-bond acceptors (Lipinski definition) is 6. The molecule has 1 aliphatic heterocycles. The van der Waals surface area contributed by atoms with Crippen LogP contribution in [0.15, 0.2) is 86.0 Å². The van der Waals surface area contributed by atoms with Gasteiger partial charge in [0.2, 0.25) is 5.79 Å². The monoisotopic (exact) mass is 432 g/mol. The van der Waals surface area contributed by atoms with E-state index in [2.05, 4.69) is 9.97 Å². The van der Waals surface area contributed by atoms with Gasteiger partial charge in [0.05, 0.1) is 32.9 Å². The Hall–Kier alpha value is -3.62. The van der Waals surface area contributed by atoms with Crippen molar-refractivity contribution in [3.63, 3.8) is 0 Å². The average molecular weight is 432 g/mol. The van der Waals surface area contributed by atoms with Gasteiger partial charge in [-0.1, -0.05) is 0 Å². The molecule has 164 valence electrons.